The van der Waals surface area contributed by atoms with Crippen LogP contribution in [0.1, 0.15) is 5.56 Å². The number of phenolic OH excluding ortho intramolecular Hbond substituents is 1. The van der Waals surface area contributed by atoms with Gasteiger partial charge in [0.2, 0.25) is 0 Å². The quantitative estimate of drug-likeness (QED) is 0.909. The summed E-state index contributed by atoms with van der Waals surface area (Å²) >= 11 is 5.09. The van der Waals surface area contributed by atoms with E-state index in [0.29, 0.717) is 0 Å². The van der Waals surface area contributed by atoms with Crippen molar-refractivity contribution >= 4 is 27.7 Å². The number of benzene rings is 1. The number of aromatic nitrogens is 1. The predicted octanol–water partition coefficient (Wildman–Crippen LogP) is 4.01. The minimum Gasteiger partial charge on any atom is -0.508 e. The third kappa shape index (κ3) is 2.57. The van der Waals surface area contributed by atoms with E-state index in [1.54, 1.807) is 30.1 Å². The highest BCUT2D eigenvalue weighted by Crippen LogP contribution is 2.33. The Morgan fingerprint density at radius 1 is 1.19 bits per heavy atom. The Bertz CT molecular complexity index is 499. The standard InChI is InChI=1S/C12H10BrNOS/c1-8-6-7-14-12(11(8)13)16-10-4-2-9(15)3-5-10/h2-7,15H,1H3. The van der Waals surface area contributed by atoms with Crippen molar-refractivity contribution in [2.45, 2.75) is 16.8 Å². The van der Waals surface area contributed by atoms with Gasteiger partial charge in [0.1, 0.15) is 10.8 Å². The number of pyridine rings is 1. The number of hydrogen-bond acceptors (Lipinski definition) is 3. The summed E-state index contributed by atoms with van der Waals surface area (Å²) in [4.78, 5) is 5.36. The second-order valence-corrected chi connectivity index (χ2v) is 5.20. The molecule has 0 saturated heterocycles. The molecule has 1 N–H and O–H groups in total. The minimum absolute atomic E-state index is 0.278. The van der Waals surface area contributed by atoms with Crippen LogP contribution >= 0.6 is 27.7 Å². The van der Waals surface area contributed by atoms with E-state index in [0.717, 1.165) is 20.0 Å². The molecule has 0 radical (unpaired) electrons. The highest BCUT2D eigenvalue weighted by atomic mass is 79.9. The predicted molar refractivity (Wildman–Crippen MR) is 68.9 cm³/mol. The van der Waals surface area contributed by atoms with E-state index in [1.165, 1.54) is 0 Å². The second-order valence-electron chi connectivity index (χ2n) is 3.34. The lowest BCUT2D eigenvalue weighted by atomic mass is 10.3. The number of nitrogens with zero attached hydrogens (tertiary/aromatic N) is 1. The molecule has 2 aromatic rings. The van der Waals surface area contributed by atoms with Crippen LogP contribution in [0.2, 0.25) is 0 Å². The van der Waals surface area contributed by atoms with Crippen molar-refractivity contribution in [2.24, 2.45) is 0 Å². The summed E-state index contributed by atoms with van der Waals surface area (Å²) in [6.45, 7) is 2.03. The maximum atomic E-state index is 9.19. The first-order chi connectivity index (χ1) is 7.66. The third-order valence-corrected chi connectivity index (χ3v) is 4.38. The maximum absolute atomic E-state index is 9.19. The number of halogens is 1. The van der Waals surface area contributed by atoms with Crippen LogP contribution < -0.4 is 0 Å². The molecule has 0 amide bonds. The van der Waals surface area contributed by atoms with Gasteiger partial charge in [0.05, 0.1) is 4.47 Å². The van der Waals surface area contributed by atoms with Crippen molar-refractivity contribution in [1.82, 2.24) is 4.98 Å². The first kappa shape index (κ1) is 11.5. The highest BCUT2D eigenvalue weighted by molar-refractivity contribution is 9.10. The number of aromatic hydroxyl groups is 1. The zero-order valence-electron chi connectivity index (χ0n) is 8.64. The summed E-state index contributed by atoms with van der Waals surface area (Å²) in [5.41, 5.74) is 1.16. The van der Waals surface area contributed by atoms with E-state index in [2.05, 4.69) is 20.9 Å². The Balaban J connectivity index is 2.27. The molecule has 0 bridgehead atoms. The summed E-state index contributed by atoms with van der Waals surface area (Å²) in [5.74, 6) is 0.278. The van der Waals surface area contributed by atoms with Crippen molar-refractivity contribution in [3.63, 3.8) is 0 Å². The van der Waals surface area contributed by atoms with Crippen molar-refractivity contribution in [1.29, 1.82) is 0 Å². The molecule has 2 rings (SSSR count). The first-order valence-corrected chi connectivity index (χ1v) is 6.36. The molecule has 0 atom stereocenters. The van der Waals surface area contributed by atoms with Crippen LogP contribution in [-0.2, 0) is 0 Å². The molecule has 2 nitrogen and oxygen atoms in total. The van der Waals surface area contributed by atoms with Gasteiger partial charge < -0.3 is 5.11 Å². The zero-order chi connectivity index (χ0) is 11.5. The van der Waals surface area contributed by atoms with Gasteiger partial charge in [0, 0.05) is 11.1 Å². The Kier molecular flexibility index (Phi) is 3.51. The van der Waals surface area contributed by atoms with Crippen LogP contribution in [0.3, 0.4) is 0 Å². The molecule has 1 aromatic heterocycles. The molecule has 0 saturated carbocycles. The van der Waals surface area contributed by atoms with E-state index < -0.39 is 0 Å². The highest BCUT2D eigenvalue weighted by Gasteiger charge is 2.05. The Hall–Kier alpha value is -1.00. The van der Waals surface area contributed by atoms with Crippen LogP contribution in [0.5, 0.6) is 5.75 Å². The smallest absolute Gasteiger partial charge is 0.115 e. The molecule has 1 aromatic carbocycles. The summed E-state index contributed by atoms with van der Waals surface area (Å²) < 4.78 is 1.02. The summed E-state index contributed by atoms with van der Waals surface area (Å²) in [6.07, 6.45) is 1.79. The van der Waals surface area contributed by atoms with E-state index in [9.17, 15) is 5.11 Å². The summed E-state index contributed by atoms with van der Waals surface area (Å²) in [7, 11) is 0. The number of phenols is 1. The van der Waals surface area contributed by atoms with Gasteiger partial charge in [-0.15, -0.1) is 0 Å². The fourth-order valence-electron chi connectivity index (χ4n) is 1.21. The maximum Gasteiger partial charge on any atom is 0.115 e. The average molecular weight is 296 g/mol. The lowest BCUT2D eigenvalue weighted by molar-refractivity contribution is 0.475. The molecule has 16 heavy (non-hydrogen) atoms. The van der Waals surface area contributed by atoms with E-state index >= 15 is 0 Å². The van der Waals surface area contributed by atoms with Crippen molar-refractivity contribution in [2.75, 3.05) is 0 Å². The molecule has 4 heteroatoms. The van der Waals surface area contributed by atoms with Crippen LogP contribution in [0.25, 0.3) is 0 Å². The van der Waals surface area contributed by atoms with Crippen molar-refractivity contribution in [3.05, 3.63) is 46.6 Å². The van der Waals surface area contributed by atoms with Gasteiger partial charge >= 0.3 is 0 Å². The van der Waals surface area contributed by atoms with E-state index in [-0.39, 0.29) is 5.75 Å². The summed E-state index contributed by atoms with van der Waals surface area (Å²) in [5, 5.41) is 10.1. The molecule has 0 fully saturated rings. The van der Waals surface area contributed by atoms with E-state index in [4.69, 9.17) is 0 Å². The SMILES string of the molecule is Cc1ccnc(Sc2ccc(O)cc2)c1Br. The molecule has 0 spiro atoms. The molecule has 0 unspecified atom stereocenters. The Labute approximate surface area is 107 Å². The minimum atomic E-state index is 0.278. The normalized spacial score (nSPS) is 10.4. The Morgan fingerprint density at radius 3 is 2.56 bits per heavy atom. The third-order valence-electron chi connectivity index (χ3n) is 2.10. The molecule has 0 aliphatic carbocycles. The van der Waals surface area contributed by atoms with Gasteiger partial charge in [-0.2, -0.15) is 0 Å². The number of aryl methyl sites for hydroxylation is 1. The van der Waals surface area contributed by atoms with Gasteiger partial charge in [-0.3, -0.25) is 0 Å². The van der Waals surface area contributed by atoms with Crippen LogP contribution in [0.15, 0.2) is 50.9 Å². The van der Waals surface area contributed by atoms with Gasteiger partial charge in [-0.1, -0.05) is 11.8 Å². The number of rotatable bonds is 2. The van der Waals surface area contributed by atoms with Crippen LogP contribution in [0, 0.1) is 6.92 Å². The topological polar surface area (TPSA) is 33.1 Å². The lowest BCUT2D eigenvalue weighted by Gasteiger charge is -2.05. The summed E-state index contributed by atoms with van der Waals surface area (Å²) in [6, 6.07) is 9.05. The van der Waals surface area contributed by atoms with Gasteiger partial charge in [0.25, 0.3) is 0 Å². The molecule has 0 aliphatic heterocycles. The lowest BCUT2D eigenvalue weighted by Crippen LogP contribution is -1.84. The van der Waals surface area contributed by atoms with Crippen molar-refractivity contribution in [3.8, 4) is 5.75 Å². The second kappa shape index (κ2) is 4.89. The zero-order valence-corrected chi connectivity index (χ0v) is 11.0. The largest absolute Gasteiger partial charge is 0.508 e. The van der Waals surface area contributed by atoms with Crippen LogP contribution in [-0.4, -0.2) is 10.1 Å². The van der Waals surface area contributed by atoms with Crippen molar-refractivity contribution < 1.29 is 5.11 Å². The Morgan fingerprint density at radius 2 is 1.88 bits per heavy atom. The monoisotopic (exact) mass is 295 g/mol. The van der Waals surface area contributed by atoms with Gasteiger partial charge in [-0.05, 0) is 58.7 Å². The van der Waals surface area contributed by atoms with Crippen LogP contribution in [0.4, 0.5) is 0 Å². The fourth-order valence-corrected chi connectivity index (χ4v) is 2.55. The molecular formula is C12H10BrNOS. The van der Waals surface area contributed by atoms with Gasteiger partial charge in [0.15, 0.2) is 0 Å². The number of hydrogen-bond donors (Lipinski definition) is 1. The fraction of sp³-hybridized carbons (Fsp3) is 0.0833. The average Bonchev–Trinajstić information content (AvgIpc) is 2.28. The first-order valence-electron chi connectivity index (χ1n) is 4.75. The molecule has 0 aliphatic rings. The molecule has 1 heterocycles. The molecule has 82 valence electrons. The molecular weight excluding hydrogens is 286 g/mol. The van der Waals surface area contributed by atoms with E-state index in [1.807, 2.05) is 25.1 Å². The van der Waals surface area contributed by atoms with Gasteiger partial charge in [-0.25, -0.2) is 4.98 Å².